The number of ether oxygens (including phenoxy) is 1. The highest BCUT2D eigenvalue weighted by molar-refractivity contribution is 5.95. The summed E-state index contributed by atoms with van der Waals surface area (Å²) in [4.78, 5) is 13.4. The molecule has 4 nitrogen and oxygen atoms in total. The van der Waals surface area contributed by atoms with Crippen molar-refractivity contribution in [3.63, 3.8) is 0 Å². The van der Waals surface area contributed by atoms with E-state index in [-0.39, 0.29) is 11.8 Å². The summed E-state index contributed by atoms with van der Waals surface area (Å²) in [6, 6.07) is 13.4. The van der Waals surface area contributed by atoms with Gasteiger partial charge in [0, 0.05) is 31.1 Å². The molecule has 1 atom stereocenters. The predicted molar refractivity (Wildman–Crippen MR) is 105 cm³/mol. The van der Waals surface area contributed by atoms with Crippen molar-refractivity contribution in [2.75, 3.05) is 23.4 Å². The molecule has 4 rings (SSSR count). The Morgan fingerprint density at radius 1 is 1.14 bits per heavy atom. The van der Waals surface area contributed by atoms with E-state index >= 15 is 0 Å². The predicted octanol–water partition coefficient (Wildman–Crippen LogP) is 4.99. The zero-order valence-corrected chi connectivity index (χ0v) is 16.0. The van der Waals surface area contributed by atoms with Gasteiger partial charge in [0.2, 0.25) is 0 Å². The Bertz CT molecular complexity index is 875. The van der Waals surface area contributed by atoms with Gasteiger partial charge in [0.05, 0.1) is 6.10 Å². The number of nitrogens with one attached hydrogen (secondary N) is 1. The lowest BCUT2D eigenvalue weighted by molar-refractivity contribution is -0.167. The Morgan fingerprint density at radius 2 is 1.93 bits per heavy atom. The van der Waals surface area contributed by atoms with E-state index in [2.05, 4.69) is 29.2 Å². The second-order valence-corrected chi connectivity index (χ2v) is 7.56. The van der Waals surface area contributed by atoms with Crippen LogP contribution in [0.1, 0.15) is 42.1 Å². The molecule has 1 N–H and O–H groups in total. The van der Waals surface area contributed by atoms with Crippen LogP contribution in [0.2, 0.25) is 0 Å². The largest absolute Gasteiger partial charge is 0.471 e. The number of aryl methyl sites for hydroxylation is 1. The standard InChI is InChI=1S/C22H23F3N2O2/c23-22(24,25)21(28)26-18-9-10-19-17(13-18)3-1-11-27(19)14-15-5-7-16(8-6-15)20-4-2-12-29-20/h5-10,13,20H,1-4,11-12,14H2,(H,26,28). The van der Waals surface area contributed by atoms with E-state index in [0.717, 1.165) is 56.6 Å². The molecule has 1 fully saturated rings. The van der Waals surface area contributed by atoms with Crippen LogP contribution in [0.15, 0.2) is 42.5 Å². The highest BCUT2D eigenvalue weighted by Gasteiger charge is 2.38. The molecular weight excluding hydrogens is 381 g/mol. The van der Waals surface area contributed by atoms with Crippen LogP contribution >= 0.6 is 0 Å². The maximum atomic E-state index is 12.5. The number of alkyl halides is 3. The summed E-state index contributed by atoms with van der Waals surface area (Å²) in [5.41, 5.74) is 4.51. The Hall–Kier alpha value is -2.54. The van der Waals surface area contributed by atoms with Gasteiger partial charge in [-0.15, -0.1) is 0 Å². The van der Waals surface area contributed by atoms with Gasteiger partial charge in [0.25, 0.3) is 0 Å². The van der Waals surface area contributed by atoms with Gasteiger partial charge in [-0.1, -0.05) is 24.3 Å². The molecule has 0 bridgehead atoms. The summed E-state index contributed by atoms with van der Waals surface area (Å²) in [5, 5.41) is 1.94. The molecule has 0 radical (unpaired) electrons. The summed E-state index contributed by atoms with van der Waals surface area (Å²) in [6.07, 6.45) is -0.839. The van der Waals surface area contributed by atoms with Crippen LogP contribution < -0.4 is 10.2 Å². The van der Waals surface area contributed by atoms with Crippen molar-refractivity contribution in [2.45, 2.75) is 44.5 Å². The topological polar surface area (TPSA) is 41.6 Å². The summed E-state index contributed by atoms with van der Waals surface area (Å²) < 4.78 is 43.2. The second-order valence-electron chi connectivity index (χ2n) is 7.56. The Kier molecular flexibility index (Phi) is 5.50. The summed E-state index contributed by atoms with van der Waals surface area (Å²) in [5.74, 6) is -1.95. The van der Waals surface area contributed by atoms with E-state index < -0.39 is 12.1 Å². The van der Waals surface area contributed by atoms with Crippen molar-refractivity contribution >= 4 is 17.3 Å². The number of halogens is 3. The van der Waals surface area contributed by atoms with Gasteiger partial charge in [-0.25, -0.2) is 0 Å². The number of hydrogen-bond donors (Lipinski definition) is 1. The SMILES string of the molecule is O=C(Nc1ccc2c(c1)CCCN2Cc1ccc(C2CCCO2)cc1)C(F)(F)F. The van der Waals surface area contributed by atoms with Crippen LogP contribution in [0.4, 0.5) is 24.5 Å². The Morgan fingerprint density at radius 3 is 2.62 bits per heavy atom. The maximum absolute atomic E-state index is 12.5. The lowest BCUT2D eigenvalue weighted by Crippen LogP contribution is -2.31. The molecule has 1 amide bonds. The molecule has 2 aliphatic rings. The number of anilines is 2. The minimum Gasteiger partial charge on any atom is -0.374 e. The zero-order valence-electron chi connectivity index (χ0n) is 16.0. The van der Waals surface area contributed by atoms with E-state index in [0.29, 0.717) is 0 Å². The monoisotopic (exact) mass is 404 g/mol. The number of rotatable bonds is 4. The number of amides is 1. The normalized spacial score (nSPS) is 19.1. The average molecular weight is 404 g/mol. The molecule has 2 heterocycles. The van der Waals surface area contributed by atoms with E-state index in [1.807, 2.05) is 5.32 Å². The molecule has 1 saturated heterocycles. The molecule has 7 heteroatoms. The molecular formula is C22H23F3N2O2. The van der Waals surface area contributed by atoms with Crippen molar-refractivity contribution in [1.82, 2.24) is 0 Å². The van der Waals surface area contributed by atoms with E-state index in [1.165, 1.54) is 17.2 Å². The Balaban J connectivity index is 1.46. The molecule has 1 unspecified atom stereocenters. The minimum absolute atomic E-state index is 0.175. The Labute approximate surface area is 167 Å². The van der Waals surface area contributed by atoms with Crippen molar-refractivity contribution in [3.05, 3.63) is 59.2 Å². The van der Waals surface area contributed by atoms with Crippen LogP contribution in [-0.2, 0) is 22.5 Å². The first-order valence-electron chi connectivity index (χ1n) is 9.86. The van der Waals surface area contributed by atoms with Gasteiger partial charge in [-0.05, 0) is 60.6 Å². The van der Waals surface area contributed by atoms with Gasteiger partial charge in [-0.2, -0.15) is 13.2 Å². The maximum Gasteiger partial charge on any atom is 0.471 e. The fourth-order valence-electron chi connectivity index (χ4n) is 4.02. The molecule has 29 heavy (non-hydrogen) atoms. The van der Waals surface area contributed by atoms with Gasteiger partial charge < -0.3 is 15.0 Å². The highest BCUT2D eigenvalue weighted by Crippen LogP contribution is 2.32. The van der Waals surface area contributed by atoms with Crippen LogP contribution in [-0.4, -0.2) is 25.2 Å². The summed E-state index contributed by atoms with van der Waals surface area (Å²) in [7, 11) is 0. The van der Waals surface area contributed by atoms with E-state index in [1.54, 1.807) is 12.1 Å². The number of nitrogens with zero attached hydrogens (tertiary/aromatic N) is 1. The number of carbonyl (C=O) groups is 1. The highest BCUT2D eigenvalue weighted by atomic mass is 19.4. The van der Waals surface area contributed by atoms with Gasteiger partial charge in [-0.3, -0.25) is 4.79 Å². The van der Waals surface area contributed by atoms with Gasteiger partial charge >= 0.3 is 12.1 Å². The molecule has 2 aromatic carbocycles. The quantitative estimate of drug-likeness (QED) is 0.781. The average Bonchev–Trinajstić information content (AvgIpc) is 3.23. The molecule has 0 spiro atoms. The number of fused-ring (bicyclic) bond motifs is 1. The first-order valence-corrected chi connectivity index (χ1v) is 9.86. The second kappa shape index (κ2) is 8.06. The number of benzene rings is 2. The van der Waals surface area contributed by atoms with Crippen molar-refractivity contribution in [3.8, 4) is 0 Å². The van der Waals surface area contributed by atoms with Crippen LogP contribution in [0.5, 0.6) is 0 Å². The van der Waals surface area contributed by atoms with Crippen LogP contribution in [0.3, 0.4) is 0 Å². The van der Waals surface area contributed by atoms with Gasteiger partial charge in [0.1, 0.15) is 0 Å². The minimum atomic E-state index is -4.89. The first kappa shape index (κ1) is 19.8. The fourth-order valence-corrected chi connectivity index (χ4v) is 4.02. The van der Waals surface area contributed by atoms with E-state index in [4.69, 9.17) is 4.74 Å². The third-order valence-corrected chi connectivity index (χ3v) is 5.46. The lowest BCUT2D eigenvalue weighted by Gasteiger charge is -2.32. The summed E-state index contributed by atoms with van der Waals surface area (Å²) in [6.45, 7) is 2.43. The molecule has 0 saturated carbocycles. The summed E-state index contributed by atoms with van der Waals surface area (Å²) >= 11 is 0. The van der Waals surface area contributed by atoms with Crippen molar-refractivity contribution in [2.24, 2.45) is 0 Å². The fraction of sp³-hybridized carbons (Fsp3) is 0.409. The number of carbonyl (C=O) groups excluding carboxylic acids is 1. The third-order valence-electron chi connectivity index (χ3n) is 5.46. The first-order chi connectivity index (χ1) is 13.9. The molecule has 2 aliphatic heterocycles. The van der Waals surface area contributed by atoms with Gasteiger partial charge in [0.15, 0.2) is 0 Å². The number of hydrogen-bond acceptors (Lipinski definition) is 3. The molecule has 0 aromatic heterocycles. The molecule has 2 aromatic rings. The lowest BCUT2D eigenvalue weighted by atomic mass is 9.99. The van der Waals surface area contributed by atoms with Crippen LogP contribution in [0.25, 0.3) is 0 Å². The zero-order chi connectivity index (χ0) is 20.4. The van der Waals surface area contributed by atoms with Crippen molar-refractivity contribution < 1.29 is 22.7 Å². The third kappa shape index (κ3) is 4.56. The van der Waals surface area contributed by atoms with Crippen LogP contribution in [0, 0.1) is 0 Å². The molecule has 0 aliphatic carbocycles. The molecule has 154 valence electrons. The smallest absolute Gasteiger partial charge is 0.374 e. The van der Waals surface area contributed by atoms with Crippen molar-refractivity contribution in [1.29, 1.82) is 0 Å². The van der Waals surface area contributed by atoms with E-state index in [9.17, 15) is 18.0 Å².